The number of benzene rings is 2. The molecule has 1 aliphatic heterocycles. The van der Waals surface area contributed by atoms with Gasteiger partial charge in [0.1, 0.15) is 5.88 Å². The summed E-state index contributed by atoms with van der Waals surface area (Å²) in [5.74, 6) is -0.107. The summed E-state index contributed by atoms with van der Waals surface area (Å²) < 4.78 is 0. The van der Waals surface area contributed by atoms with E-state index in [4.69, 9.17) is 11.6 Å². The van der Waals surface area contributed by atoms with E-state index < -0.39 is 0 Å². The van der Waals surface area contributed by atoms with Crippen LogP contribution in [0.4, 0.5) is 0 Å². The van der Waals surface area contributed by atoms with E-state index in [1.54, 1.807) is 0 Å². The zero-order valence-electron chi connectivity index (χ0n) is 12.8. The first-order valence-corrected chi connectivity index (χ1v) is 8.35. The number of nitrogens with one attached hydrogen (secondary N) is 1. The van der Waals surface area contributed by atoms with Crippen LogP contribution in [0.1, 0.15) is 23.2 Å². The number of alkyl halides is 1. The van der Waals surface area contributed by atoms with Crippen LogP contribution in [0.15, 0.2) is 42.5 Å². The van der Waals surface area contributed by atoms with Crippen molar-refractivity contribution in [1.29, 1.82) is 0 Å². The molecule has 4 nitrogen and oxygen atoms in total. The standard InChI is InChI=1S/C18H19ClN2O2/c19-12-17(22)20-14-8-10-21(11-9-14)18(23)16-7-3-5-13-4-1-2-6-15(13)16/h1-7,14H,8-12H2,(H,20,22). The molecule has 1 N–H and O–H groups in total. The first-order valence-electron chi connectivity index (χ1n) is 7.81. The number of halogens is 1. The normalized spacial score (nSPS) is 15.6. The van der Waals surface area contributed by atoms with Gasteiger partial charge in [0.15, 0.2) is 0 Å². The van der Waals surface area contributed by atoms with Gasteiger partial charge in [-0.3, -0.25) is 9.59 Å². The Balaban J connectivity index is 1.71. The Kier molecular flexibility index (Phi) is 4.82. The van der Waals surface area contributed by atoms with E-state index >= 15 is 0 Å². The van der Waals surface area contributed by atoms with Crippen molar-refractivity contribution in [1.82, 2.24) is 10.2 Å². The van der Waals surface area contributed by atoms with Crippen LogP contribution in [0, 0.1) is 0 Å². The number of fused-ring (bicyclic) bond motifs is 1. The van der Waals surface area contributed by atoms with E-state index in [0.717, 1.165) is 29.2 Å². The van der Waals surface area contributed by atoms with Crippen molar-refractivity contribution in [2.45, 2.75) is 18.9 Å². The lowest BCUT2D eigenvalue weighted by Gasteiger charge is -2.32. The summed E-state index contributed by atoms with van der Waals surface area (Å²) in [6.45, 7) is 1.30. The monoisotopic (exact) mass is 330 g/mol. The SMILES string of the molecule is O=C(CCl)NC1CCN(C(=O)c2cccc3ccccc23)CC1. The Bertz CT molecular complexity index is 719. The summed E-state index contributed by atoms with van der Waals surface area (Å²) in [5, 5.41) is 4.94. The van der Waals surface area contributed by atoms with Gasteiger partial charge in [0.05, 0.1) is 0 Å². The molecule has 23 heavy (non-hydrogen) atoms. The average molecular weight is 331 g/mol. The van der Waals surface area contributed by atoms with Crippen molar-refractivity contribution in [2.75, 3.05) is 19.0 Å². The minimum Gasteiger partial charge on any atom is -0.352 e. The molecule has 0 radical (unpaired) electrons. The first kappa shape index (κ1) is 15.8. The lowest BCUT2D eigenvalue weighted by Crippen LogP contribution is -2.46. The van der Waals surface area contributed by atoms with Gasteiger partial charge in [-0.2, -0.15) is 0 Å². The summed E-state index contributed by atoms with van der Waals surface area (Å²) in [6.07, 6.45) is 1.53. The number of likely N-dealkylation sites (tertiary alicyclic amines) is 1. The van der Waals surface area contributed by atoms with Gasteiger partial charge in [0.2, 0.25) is 5.91 Å². The van der Waals surface area contributed by atoms with Crippen molar-refractivity contribution in [3.05, 3.63) is 48.0 Å². The average Bonchev–Trinajstić information content (AvgIpc) is 2.61. The highest BCUT2D eigenvalue weighted by molar-refractivity contribution is 6.27. The van der Waals surface area contributed by atoms with Crippen molar-refractivity contribution in [2.24, 2.45) is 0 Å². The molecule has 3 rings (SSSR count). The van der Waals surface area contributed by atoms with Gasteiger partial charge < -0.3 is 10.2 Å². The second-order valence-electron chi connectivity index (χ2n) is 5.79. The number of hydrogen-bond donors (Lipinski definition) is 1. The molecule has 1 saturated heterocycles. The van der Waals surface area contributed by atoms with Crippen LogP contribution in [0.5, 0.6) is 0 Å². The molecule has 0 saturated carbocycles. The Morgan fingerprint density at radius 2 is 1.78 bits per heavy atom. The van der Waals surface area contributed by atoms with Crippen LogP contribution < -0.4 is 5.32 Å². The Hall–Kier alpha value is -2.07. The molecule has 2 amide bonds. The van der Waals surface area contributed by atoms with E-state index in [2.05, 4.69) is 5.32 Å². The second kappa shape index (κ2) is 7.01. The number of amides is 2. The molecule has 5 heteroatoms. The molecule has 1 heterocycles. The van der Waals surface area contributed by atoms with E-state index in [9.17, 15) is 9.59 Å². The summed E-state index contributed by atoms with van der Waals surface area (Å²) in [4.78, 5) is 26.0. The molecule has 0 atom stereocenters. The molecule has 0 aliphatic carbocycles. The largest absolute Gasteiger partial charge is 0.352 e. The summed E-state index contributed by atoms with van der Waals surface area (Å²) in [6, 6.07) is 13.8. The molecule has 0 unspecified atom stereocenters. The maximum absolute atomic E-state index is 12.8. The minimum atomic E-state index is -0.148. The Labute approximate surface area is 140 Å². The van der Waals surface area contributed by atoms with Gasteiger partial charge in [-0.05, 0) is 29.7 Å². The summed E-state index contributed by atoms with van der Waals surface area (Å²) >= 11 is 5.51. The molecule has 120 valence electrons. The lowest BCUT2D eigenvalue weighted by molar-refractivity contribution is -0.119. The maximum atomic E-state index is 12.8. The number of carbonyl (C=O) groups is 2. The van der Waals surface area contributed by atoms with E-state index in [1.807, 2.05) is 47.4 Å². The van der Waals surface area contributed by atoms with Gasteiger partial charge in [0.25, 0.3) is 5.91 Å². The van der Waals surface area contributed by atoms with E-state index in [0.29, 0.717) is 13.1 Å². The fraction of sp³-hybridized carbons (Fsp3) is 0.333. The molecule has 1 aliphatic rings. The maximum Gasteiger partial charge on any atom is 0.254 e. The molecular weight excluding hydrogens is 312 g/mol. The van der Waals surface area contributed by atoms with E-state index in [-0.39, 0.29) is 23.7 Å². The van der Waals surface area contributed by atoms with Crippen LogP contribution in [-0.4, -0.2) is 41.7 Å². The highest BCUT2D eigenvalue weighted by Crippen LogP contribution is 2.21. The molecular formula is C18H19ClN2O2. The number of piperidine rings is 1. The van der Waals surface area contributed by atoms with Crippen LogP contribution in [0.2, 0.25) is 0 Å². The fourth-order valence-corrected chi connectivity index (χ4v) is 3.15. The van der Waals surface area contributed by atoms with E-state index in [1.165, 1.54) is 0 Å². The Morgan fingerprint density at radius 3 is 2.52 bits per heavy atom. The number of nitrogens with zero attached hydrogens (tertiary/aromatic N) is 1. The van der Waals surface area contributed by atoms with Crippen LogP contribution in [0.25, 0.3) is 10.8 Å². The highest BCUT2D eigenvalue weighted by Gasteiger charge is 2.25. The molecule has 0 aromatic heterocycles. The summed E-state index contributed by atoms with van der Waals surface area (Å²) in [7, 11) is 0. The predicted molar refractivity (Wildman–Crippen MR) is 91.7 cm³/mol. The lowest BCUT2D eigenvalue weighted by atomic mass is 10.0. The van der Waals surface area contributed by atoms with Crippen molar-refractivity contribution >= 4 is 34.2 Å². The number of carbonyl (C=O) groups excluding carboxylic acids is 2. The topological polar surface area (TPSA) is 49.4 Å². The van der Waals surface area contributed by atoms with Gasteiger partial charge >= 0.3 is 0 Å². The molecule has 0 spiro atoms. The van der Waals surface area contributed by atoms with Gasteiger partial charge in [-0.15, -0.1) is 11.6 Å². The molecule has 2 aromatic rings. The number of rotatable bonds is 3. The zero-order chi connectivity index (χ0) is 16.2. The highest BCUT2D eigenvalue weighted by atomic mass is 35.5. The van der Waals surface area contributed by atoms with Crippen molar-refractivity contribution < 1.29 is 9.59 Å². The quantitative estimate of drug-likeness (QED) is 0.880. The van der Waals surface area contributed by atoms with Crippen molar-refractivity contribution in [3.8, 4) is 0 Å². The number of hydrogen-bond acceptors (Lipinski definition) is 2. The first-order chi connectivity index (χ1) is 11.2. The van der Waals surface area contributed by atoms with Gasteiger partial charge in [0, 0.05) is 24.7 Å². The third-order valence-electron chi connectivity index (χ3n) is 4.29. The fourth-order valence-electron chi connectivity index (χ4n) is 3.08. The molecule has 1 fully saturated rings. The molecule has 2 aromatic carbocycles. The van der Waals surface area contributed by atoms with Crippen LogP contribution in [0.3, 0.4) is 0 Å². The van der Waals surface area contributed by atoms with Crippen LogP contribution >= 0.6 is 11.6 Å². The van der Waals surface area contributed by atoms with Crippen LogP contribution in [-0.2, 0) is 4.79 Å². The van der Waals surface area contributed by atoms with Gasteiger partial charge in [-0.25, -0.2) is 0 Å². The Morgan fingerprint density at radius 1 is 1.09 bits per heavy atom. The third-order valence-corrected chi connectivity index (χ3v) is 4.53. The van der Waals surface area contributed by atoms with Gasteiger partial charge in [-0.1, -0.05) is 36.4 Å². The predicted octanol–water partition coefficient (Wildman–Crippen LogP) is 2.80. The van der Waals surface area contributed by atoms with Crippen molar-refractivity contribution in [3.63, 3.8) is 0 Å². The second-order valence-corrected chi connectivity index (χ2v) is 6.06. The third kappa shape index (κ3) is 3.48. The minimum absolute atomic E-state index is 0.0187. The summed E-state index contributed by atoms with van der Waals surface area (Å²) in [5.41, 5.74) is 0.742. The zero-order valence-corrected chi connectivity index (χ0v) is 13.6. The molecule has 0 bridgehead atoms. The smallest absolute Gasteiger partial charge is 0.254 e.